The summed E-state index contributed by atoms with van der Waals surface area (Å²) in [6.07, 6.45) is -3.19. The highest BCUT2D eigenvalue weighted by Gasteiger charge is 2.37. The van der Waals surface area contributed by atoms with E-state index in [0.29, 0.717) is 24.6 Å². The minimum absolute atomic E-state index is 0.0108. The molecule has 13 heteroatoms. The van der Waals surface area contributed by atoms with E-state index >= 15 is 0 Å². The molecule has 3 aromatic rings. The summed E-state index contributed by atoms with van der Waals surface area (Å²) in [4.78, 5) is 22.8. The van der Waals surface area contributed by atoms with Gasteiger partial charge in [0.05, 0.1) is 29.5 Å². The fraction of sp³-hybridized carbons (Fsp3) is 0.370. The number of aryl methyl sites for hydroxylation is 1. The number of aliphatic hydroxyl groups is 1. The number of aromatic nitrogens is 2. The number of rotatable bonds is 7. The van der Waals surface area contributed by atoms with Gasteiger partial charge in [0.1, 0.15) is 17.1 Å². The number of alkyl halides is 3. The highest BCUT2D eigenvalue weighted by molar-refractivity contribution is 6.34. The second kappa shape index (κ2) is 11.1. The number of nitrogens with zero attached hydrogens (tertiary/aromatic N) is 3. The van der Waals surface area contributed by atoms with Crippen molar-refractivity contribution < 1.29 is 32.5 Å². The van der Waals surface area contributed by atoms with Crippen LogP contribution in [0, 0.1) is 0 Å². The van der Waals surface area contributed by atoms with Gasteiger partial charge in [-0.2, -0.15) is 18.2 Å². The van der Waals surface area contributed by atoms with Gasteiger partial charge >= 0.3 is 6.18 Å². The molecule has 2 atom stereocenters. The number of carbonyl (C=O) groups is 1. The summed E-state index contributed by atoms with van der Waals surface area (Å²) in [7, 11) is 3.35. The summed E-state index contributed by atoms with van der Waals surface area (Å²) in [5.74, 6) is -1.04. The largest absolute Gasteiger partial charge is 0.495 e. The van der Waals surface area contributed by atoms with Crippen molar-refractivity contribution in [3.63, 3.8) is 0 Å². The van der Waals surface area contributed by atoms with E-state index in [9.17, 15) is 23.1 Å². The first kappa shape index (κ1) is 27.9. The number of benzene rings is 2. The molecule has 1 fully saturated rings. The van der Waals surface area contributed by atoms with Crippen molar-refractivity contribution in [1.82, 2.24) is 20.2 Å². The van der Waals surface area contributed by atoms with Crippen LogP contribution in [0.1, 0.15) is 46.0 Å². The van der Waals surface area contributed by atoms with Crippen molar-refractivity contribution in [2.45, 2.75) is 37.6 Å². The van der Waals surface area contributed by atoms with Crippen LogP contribution >= 0.6 is 11.6 Å². The molecule has 0 spiro atoms. The number of anilines is 2. The van der Waals surface area contributed by atoms with Crippen LogP contribution in [0.4, 0.5) is 24.8 Å². The first-order valence-corrected chi connectivity index (χ1v) is 13.0. The monoisotopic (exact) mass is 577 g/mol. The van der Waals surface area contributed by atoms with Gasteiger partial charge in [-0.05, 0) is 56.6 Å². The van der Waals surface area contributed by atoms with Gasteiger partial charge < -0.3 is 30.1 Å². The maximum absolute atomic E-state index is 13.8. The molecule has 0 radical (unpaired) electrons. The molecule has 2 heterocycles. The van der Waals surface area contributed by atoms with Crippen molar-refractivity contribution in [1.29, 1.82) is 0 Å². The lowest BCUT2D eigenvalue weighted by atomic mass is 10.1. The lowest BCUT2D eigenvalue weighted by Gasteiger charge is -2.18. The molecule has 1 amide bonds. The minimum atomic E-state index is -4.80. The van der Waals surface area contributed by atoms with Crippen LogP contribution in [-0.4, -0.2) is 59.2 Å². The number of aliphatic hydroxyl groups excluding tert-OH is 1. The molecule has 1 aliphatic carbocycles. The van der Waals surface area contributed by atoms with E-state index in [1.165, 1.54) is 25.3 Å². The Balaban J connectivity index is 1.43. The van der Waals surface area contributed by atoms with E-state index in [1.807, 2.05) is 7.05 Å². The number of halogens is 4. The third kappa shape index (κ3) is 5.79. The zero-order valence-electron chi connectivity index (χ0n) is 21.7. The molecular weight excluding hydrogens is 551 g/mol. The zero-order chi connectivity index (χ0) is 28.6. The maximum Gasteiger partial charge on any atom is 0.423 e. The number of amides is 1. The van der Waals surface area contributed by atoms with Crippen LogP contribution in [0.3, 0.4) is 0 Å². The Kier molecular flexibility index (Phi) is 7.76. The molecule has 1 aliphatic heterocycles. The molecular formula is C27H27ClF3N5O4. The molecule has 1 saturated heterocycles. The van der Waals surface area contributed by atoms with Crippen LogP contribution in [0.25, 0.3) is 0 Å². The molecule has 40 heavy (non-hydrogen) atoms. The van der Waals surface area contributed by atoms with Gasteiger partial charge in [-0.15, -0.1) is 0 Å². The quantitative estimate of drug-likeness (QED) is 0.356. The van der Waals surface area contributed by atoms with Gasteiger partial charge in [-0.3, -0.25) is 4.79 Å². The number of ether oxygens (including phenoxy) is 2. The van der Waals surface area contributed by atoms with Crippen LogP contribution in [-0.2, 0) is 12.6 Å². The fourth-order valence-electron chi connectivity index (χ4n) is 4.94. The molecule has 2 aliphatic rings. The highest BCUT2D eigenvalue weighted by Crippen LogP contribution is 2.43. The van der Waals surface area contributed by atoms with Gasteiger partial charge in [0.15, 0.2) is 0 Å². The van der Waals surface area contributed by atoms with Crippen molar-refractivity contribution in [2.24, 2.45) is 0 Å². The number of hydrogen-bond acceptors (Lipinski definition) is 8. The van der Waals surface area contributed by atoms with E-state index in [2.05, 4.69) is 25.5 Å². The fourth-order valence-corrected chi connectivity index (χ4v) is 5.19. The van der Waals surface area contributed by atoms with Gasteiger partial charge in [0, 0.05) is 24.3 Å². The molecule has 212 valence electrons. The molecule has 2 aromatic carbocycles. The number of hydrogen-bond donors (Lipinski definition) is 3. The Labute approximate surface area is 233 Å². The lowest BCUT2D eigenvalue weighted by Crippen LogP contribution is -2.36. The molecule has 5 rings (SSSR count). The summed E-state index contributed by atoms with van der Waals surface area (Å²) in [6.45, 7) is 1.59. The number of likely N-dealkylation sites (N-methyl/N-ethyl adjacent to an activating group) is 1. The Morgan fingerprint density at radius 1 is 1.23 bits per heavy atom. The summed E-state index contributed by atoms with van der Waals surface area (Å²) >= 11 is 6.42. The van der Waals surface area contributed by atoms with E-state index < -0.39 is 23.7 Å². The van der Waals surface area contributed by atoms with Crippen molar-refractivity contribution in [2.75, 3.05) is 32.6 Å². The zero-order valence-corrected chi connectivity index (χ0v) is 22.4. The minimum Gasteiger partial charge on any atom is -0.495 e. The predicted octanol–water partition coefficient (Wildman–Crippen LogP) is 5.11. The SMILES string of the molecule is COc1cc(C(=O)N[C@H]2CCN(C)C2)c(Cl)cc1Nc1ncc(C(F)(F)F)c(Oc2cccc3c2C(O)CC3)n1. The predicted molar refractivity (Wildman–Crippen MR) is 141 cm³/mol. The normalized spacial score (nSPS) is 18.9. The van der Waals surface area contributed by atoms with E-state index in [0.717, 1.165) is 25.1 Å². The van der Waals surface area contributed by atoms with Gasteiger partial charge in [0.25, 0.3) is 5.91 Å². The van der Waals surface area contributed by atoms with E-state index in [1.54, 1.807) is 12.1 Å². The highest BCUT2D eigenvalue weighted by atomic mass is 35.5. The summed E-state index contributed by atoms with van der Waals surface area (Å²) in [6, 6.07) is 7.77. The topological polar surface area (TPSA) is 109 Å². The maximum atomic E-state index is 13.8. The van der Waals surface area contributed by atoms with Gasteiger partial charge in [-0.25, -0.2) is 4.98 Å². The van der Waals surface area contributed by atoms with Gasteiger partial charge in [-0.1, -0.05) is 23.7 Å². The van der Waals surface area contributed by atoms with Gasteiger partial charge in [0.2, 0.25) is 11.8 Å². The smallest absolute Gasteiger partial charge is 0.423 e. The molecule has 0 saturated carbocycles. The molecule has 1 aromatic heterocycles. The van der Waals surface area contributed by atoms with E-state index in [4.69, 9.17) is 21.1 Å². The number of fused-ring (bicyclic) bond motifs is 1. The van der Waals surface area contributed by atoms with Crippen LogP contribution in [0.5, 0.6) is 17.4 Å². The summed E-state index contributed by atoms with van der Waals surface area (Å²) < 4.78 is 52.5. The average Bonchev–Trinajstić information content (AvgIpc) is 3.48. The third-order valence-corrected chi connectivity index (χ3v) is 7.26. The Morgan fingerprint density at radius 2 is 2.02 bits per heavy atom. The second-order valence-corrected chi connectivity index (χ2v) is 10.2. The third-order valence-electron chi connectivity index (χ3n) is 6.95. The first-order valence-electron chi connectivity index (χ1n) is 12.6. The van der Waals surface area contributed by atoms with E-state index in [-0.39, 0.29) is 45.7 Å². The van der Waals surface area contributed by atoms with Crippen LogP contribution in [0.2, 0.25) is 5.02 Å². The number of nitrogens with one attached hydrogen (secondary N) is 2. The summed E-state index contributed by atoms with van der Waals surface area (Å²) in [5.41, 5.74) is 0.473. The van der Waals surface area contributed by atoms with Crippen LogP contribution in [0.15, 0.2) is 36.5 Å². The average molecular weight is 578 g/mol. The first-order chi connectivity index (χ1) is 19.0. The Morgan fingerprint density at radius 3 is 2.73 bits per heavy atom. The number of methoxy groups -OCH3 is 1. The lowest BCUT2D eigenvalue weighted by molar-refractivity contribution is -0.139. The van der Waals surface area contributed by atoms with Crippen molar-refractivity contribution >= 4 is 29.1 Å². The number of carbonyl (C=O) groups excluding carboxylic acids is 1. The Bertz CT molecular complexity index is 1440. The standard InChI is InChI=1S/C27H27ClF3N5O4/c1-36-9-8-15(13-36)33-24(38)16-10-22(39-2)19(11-18(16)28)34-26-32-12-17(27(29,30)31)25(35-26)40-21-5-3-4-14-6-7-20(37)23(14)21/h3-5,10-12,15,20,37H,6-9,13H2,1-2H3,(H,33,38)(H,32,34,35)/t15-,20?/m0/s1. The number of likely N-dealkylation sites (tertiary alicyclic amines) is 1. The summed E-state index contributed by atoms with van der Waals surface area (Å²) in [5, 5.41) is 16.2. The molecule has 3 N–H and O–H groups in total. The van der Waals surface area contributed by atoms with Crippen molar-refractivity contribution in [3.05, 3.63) is 63.8 Å². The van der Waals surface area contributed by atoms with Crippen LogP contribution < -0.4 is 20.1 Å². The molecule has 1 unspecified atom stereocenters. The Hall–Kier alpha value is -3.61. The molecule has 0 bridgehead atoms. The second-order valence-electron chi connectivity index (χ2n) is 9.77. The van der Waals surface area contributed by atoms with Crippen molar-refractivity contribution in [3.8, 4) is 17.4 Å². The molecule has 9 nitrogen and oxygen atoms in total.